The molecule has 1 aliphatic rings. The van der Waals surface area contributed by atoms with E-state index in [2.05, 4.69) is 4.98 Å². The molecule has 0 atom stereocenters. The van der Waals surface area contributed by atoms with Gasteiger partial charge in [0.25, 0.3) is 5.91 Å². The van der Waals surface area contributed by atoms with Crippen LogP contribution in [-0.4, -0.2) is 42.0 Å². The molecule has 1 aromatic heterocycles. The van der Waals surface area contributed by atoms with Crippen LogP contribution in [0.25, 0.3) is 6.08 Å². The van der Waals surface area contributed by atoms with Gasteiger partial charge < -0.3 is 9.80 Å². The van der Waals surface area contributed by atoms with Crippen LogP contribution >= 0.6 is 11.3 Å². The van der Waals surface area contributed by atoms with Gasteiger partial charge in [0, 0.05) is 31.6 Å². The Kier molecular flexibility index (Phi) is 5.10. The summed E-state index contributed by atoms with van der Waals surface area (Å²) in [7, 11) is 0. The molecule has 7 heteroatoms. The molecule has 0 unspecified atom stereocenters. The summed E-state index contributed by atoms with van der Waals surface area (Å²) in [5.41, 5.74) is 1.24. The quantitative estimate of drug-likeness (QED) is 0.627. The Morgan fingerprint density at radius 2 is 2.04 bits per heavy atom. The highest BCUT2D eigenvalue weighted by molar-refractivity contribution is 7.09. The molecule has 0 spiro atoms. The van der Waals surface area contributed by atoms with Gasteiger partial charge in [-0.3, -0.25) is 4.79 Å². The molecule has 2 aromatic rings. The summed E-state index contributed by atoms with van der Waals surface area (Å²) in [5, 5.41) is 12.0. The van der Waals surface area contributed by atoms with Gasteiger partial charge in [0.2, 0.25) is 0 Å². The number of piperazine rings is 1. The van der Waals surface area contributed by atoms with Crippen molar-refractivity contribution in [1.29, 1.82) is 5.26 Å². The SMILES string of the molecule is Cc1nc(/C=C(\C#N)C(=O)N2CCN(c3ccccc3F)CC2)cs1. The van der Waals surface area contributed by atoms with Crippen molar-refractivity contribution in [3.8, 4) is 6.07 Å². The standard InChI is InChI=1S/C18H17FN4OS/c1-13-21-15(12-25-13)10-14(11-20)18(24)23-8-6-22(7-9-23)17-5-3-2-4-16(17)19/h2-5,10,12H,6-9H2,1H3/b14-10+. The third-order valence-corrected chi connectivity index (χ3v) is 4.83. The van der Waals surface area contributed by atoms with Gasteiger partial charge in [0.15, 0.2) is 0 Å². The lowest BCUT2D eigenvalue weighted by atomic mass is 10.2. The second-order valence-corrected chi connectivity index (χ2v) is 6.75. The molecule has 1 amide bonds. The van der Waals surface area contributed by atoms with Crippen molar-refractivity contribution in [2.75, 3.05) is 31.1 Å². The van der Waals surface area contributed by atoms with Gasteiger partial charge in [-0.2, -0.15) is 5.26 Å². The lowest BCUT2D eigenvalue weighted by molar-refractivity contribution is -0.126. The zero-order chi connectivity index (χ0) is 17.8. The first-order chi connectivity index (χ1) is 12.1. The Labute approximate surface area is 149 Å². The fourth-order valence-corrected chi connectivity index (χ4v) is 3.34. The van der Waals surface area contributed by atoms with Gasteiger partial charge in [-0.25, -0.2) is 9.37 Å². The molecule has 2 heterocycles. The lowest BCUT2D eigenvalue weighted by Crippen LogP contribution is -2.49. The second kappa shape index (κ2) is 7.45. The molecule has 128 valence electrons. The maximum absolute atomic E-state index is 13.9. The number of carbonyl (C=O) groups is 1. The number of hydrogen-bond acceptors (Lipinski definition) is 5. The average molecular weight is 356 g/mol. The zero-order valence-electron chi connectivity index (χ0n) is 13.8. The molecule has 1 saturated heterocycles. The van der Waals surface area contributed by atoms with E-state index >= 15 is 0 Å². The van der Waals surface area contributed by atoms with Crippen LogP contribution in [0.1, 0.15) is 10.7 Å². The molecule has 25 heavy (non-hydrogen) atoms. The molecule has 1 aliphatic heterocycles. The summed E-state index contributed by atoms with van der Waals surface area (Å²) in [6.07, 6.45) is 1.52. The van der Waals surface area contributed by atoms with E-state index in [4.69, 9.17) is 0 Å². The Morgan fingerprint density at radius 1 is 1.32 bits per heavy atom. The van der Waals surface area contributed by atoms with Gasteiger partial charge in [-0.15, -0.1) is 11.3 Å². The van der Waals surface area contributed by atoms with E-state index in [1.807, 2.05) is 23.3 Å². The van der Waals surface area contributed by atoms with Crippen LogP contribution in [-0.2, 0) is 4.79 Å². The number of para-hydroxylation sites is 1. The zero-order valence-corrected chi connectivity index (χ0v) is 14.6. The summed E-state index contributed by atoms with van der Waals surface area (Å²) in [6.45, 7) is 3.82. The van der Waals surface area contributed by atoms with Crippen molar-refractivity contribution < 1.29 is 9.18 Å². The van der Waals surface area contributed by atoms with E-state index in [9.17, 15) is 14.4 Å². The number of nitrogens with zero attached hydrogens (tertiary/aromatic N) is 4. The Hall–Kier alpha value is -2.72. The molecule has 0 saturated carbocycles. The van der Waals surface area contributed by atoms with Crippen molar-refractivity contribution in [2.45, 2.75) is 6.92 Å². The molecule has 3 rings (SSSR count). The van der Waals surface area contributed by atoms with Gasteiger partial charge in [-0.1, -0.05) is 12.1 Å². The van der Waals surface area contributed by atoms with E-state index in [1.54, 1.807) is 23.1 Å². The molecule has 1 aromatic carbocycles. The van der Waals surface area contributed by atoms with Gasteiger partial charge in [0.05, 0.1) is 16.4 Å². The van der Waals surface area contributed by atoms with Crippen molar-refractivity contribution in [3.63, 3.8) is 0 Å². The van der Waals surface area contributed by atoms with Crippen LogP contribution in [0.2, 0.25) is 0 Å². The van der Waals surface area contributed by atoms with Crippen LogP contribution in [0.3, 0.4) is 0 Å². The molecule has 0 N–H and O–H groups in total. The van der Waals surface area contributed by atoms with Crippen LogP contribution < -0.4 is 4.90 Å². The number of hydrogen-bond donors (Lipinski definition) is 0. The lowest BCUT2D eigenvalue weighted by Gasteiger charge is -2.36. The fraction of sp³-hybridized carbons (Fsp3) is 0.278. The predicted molar refractivity (Wildman–Crippen MR) is 95.6 cm³/mol. The monoisotopic (exact) mass is 356 g/mol. The highest BCUT2D eigenvalue weighted by Gasteiger charge is 2.25. The maximum Gasteiger partial charge on any atom is 0.264 e. The maximum atomic E-state index is 13.9. The molecular weight excluding hydrogens is 339 g/mol. The molecule has 0 bridgehead atoms. The number of aromatic nitrogens is 1. The molecule has 0 aliphatic carbocycles. The van der Waals surface area contributed by atoms with Crippen molar-refractivity contribution >= 4 is 29.0 Å². The van der Waals surface area contributed by atoms with E-state index in [0.29, 0.717) is 37.6 Å². The number of thiazole rings is 1. The first-order valence-electron chi connectivity index (χ1n) is 7.91. The first-order valence-corrected chi connectivity index (χ1v) is 8.79. The van der Waals surface area contributed by atoms with Crippen molar-refractivity contribution in [2.24, 2.45) is 0 Å². The van der Waals surface area contributed by atoms with Crippen LogP contribution in [0.5, 0.6) is 0 Å². The molecule has 1 fully saturated rings. The number of anilines is 1. The van der Waals surface area contributed by atoms with E-state index in [1.165, 1.54) is 23.5 Å². The smallest absolute Gasteiger partial charge is 0.264 e. The van der Waals surface area contributed by atoms with Crippen LogP contribution in [0.4, 0.5) is 10.1 Å². The van der Waals surface area contributed by atoms with Gasteiger partial charge >= 0.3 is 0 Å². The summed E-state index contributed by atoms with van der Waals surface area (Å²) in [6, 6.07) is 8.58. The minimum atomic E-state index is -0.304. The minimum absolute atomic E-state index is 0.0737. The normalized spacial score (nSPS) is 15.2. The summed E-state index contributed by atoms with van der Waals surface area (Å²) < 4.78 is 13.9. The third-order valence-electron chi connectivity index (χ3n) is 4.04. The molecule has 5 nitrogen and oxygen atoms in total. The van der Waals surface area contributed by atoms with Gasteiger partial charge in [-0.05, 0) is 25.1 Å². The summed E-state index contributed by atoms with van der Waals surface area (Å²) in [4.78, 5) is 20.4. The fourth-order valence-electron chi connectivity index (χ4n) is 2.77. The number of carbonyl (C=O) groups excluding carboxylic acids is 1. The van der Waals surface area contributed by atoms with Crippen molar-refractivity contribution in [1.82, 2.24) is 9.88 Å². The van der Waals surface area contributed by atoms with Gasteiger partial charge in [0.1, 0.15) is 17.5 Å². The Balaban J connectivity index is 1.68. The highest BCUT2D eigenvalue weighted by Crippen LogP contribution is 2.21. The summed E-state index contributed by atoms with van der Waals surface area (Å²) in [5.74, 6) is -0.569. The number of nitriles is 1. The average Bonchev–Trinajstić information content (AvgIpc) is 3.05. The van der Waals surface area contributed by atoms with Crippen molar-refractivity contribution in [3.05, 3.63) is 51.7 Å². The number of benzene rings is 1. The van der Waals surface area contributed by atoms with Crippen LogP contribution in [0.15, 0.2) is 35.2 Å². The first kappa shape index (κ1) is 17.1. The topological polar surface area (TPSA) is 60.2 Å². The van der Waals surface area contributed by atoms with E-state index in [0.717, 1.165) is 5.01 Å². The van der Waals surface area contributed by atoms with E-state index in [-0.39, 0.29) is 17.3 Å². The molecule has 0 radical (unpaired) electrons. The number of amides is 1. The van der Waals surface area contributed by atoms with E-state index < -0.39 is 0 Å². The number of aryl methyl sites for hydroxylation is 1. The number of rotatable bonds is 3. The Bertz CT molecular complexity index is 847. The van der Waals surface area contributed by atoms with Crippen LogP contribution in [0, 0.1) is 24.1 Å². The highest BCUT2D eigenvalue weighted by atomic mass is 32.1. The second-order valence-electron chi connectivity index (χ2n) is 5.69. The molecular formula is C18H17FN4OS. The summed E-state index contributed by atoms with van der Waals surface area (Å²) >= 11 is 1.47. The minimum Gasteiger partial charge on any atom is -0.366 e. The Morgan fingerprint density at radius 3 is 2.64 bits per heavy atom. The third kappa shape index (κ3) is 3.86. The largest absolute Gasteiger partial charge is 0.366 e. The predicted octanol–water partition coefficient (Wildman–Crippen LogP) is 2.85. The number of halogens is 1.